The van der Waals surface area contributed by atoms with Gasteiger partial charge in [-0.1, -0.05) is 6.92 Å². The van der Waals surface area contributed by atoms with Crippen LogP contribution < -0.4 is 4.74 Å². The average Bonchev–Trinajstić information content (AvgIpc) is 2.28. The summed E-state index contributed by atoms with van der Waals surface area (Å²) in [5.41, 5.74) is -0.236. The molecule has 0 spiro atoms. The minimum absolute atomic E-state index is 0.0664. The zero-order chi connectivity index (χ0) is 12.8. The van der Waals surface area contributed by atoms with Gasteiger partial charge in [0.1, 0.15) is 17.8 Å². The predicted octanol–water partition coefficient (Wildman–Crippen LogP) is 1.31. The molecule has 0 saturated heterocycles. The summed E-state index contributed by atoms with van der Waals surface area (Å²) >= 11 is 0. The first-order valence-electron chi connectivity index (χ1n) is 5.14. The predicted molar refractivity (Wildman–Crippen MR) is 58.9 cm³/mol. The number of hydrogen-bond donors (Lipinski definition) is 0. The van der Waals surface area contributed by atoms with Gasteiger partial charge in [0.2, 0.25) is 0 Å². The topological polar surface area (TPSA) is 95.2 Å². The Kier molecular flexibility index (Phi) is 4.50. The van der Waals surface area contributed by atoms with Gasteiger partial charge >= 0.3 is 5.69 Å². The molecule has 0 unspecified atom stereocenters. The standard InChI is InChI=1S/C10H13N3O4/c1-3-4-7(14)5-8-9(13(15)16)10(17-2)12-6-11-8/h6H,3-5H2,1-2H3. The Hall–Kier alpha value is -2.05. The maximum Gasteiger partial charge on any atom is 0.352 e. The molecular weight excluding hydrogens is 226 g/mol. The summed E-state index contributed by atoms with van der Waals surface area (Å²) in [4.78, 5) is 29.1. The molecule has 0 aliphatic rings. The van der Waals surface area contributed by atoms with Crippen molar-refractivity contribution in [2.75, 3.05) is 7.11 Å². The van der Waals surface area contributed by atoms with Crippen LogP contribution in [0.2, 0.25) is 0 Å². The minimum Gasteiger partial charge on any atom is -0.476 e. The molecule has 7 heteroatoms. The number of carbonyl (C=O) groups is 1. The molecular formula is C10H13N3O4. The Bertz CT molecular complexity index is 434. The quantitative estimate of drug-likeness (QED) is 0.548. The number of methoxy groups -OCH3 is 1. The highest BCUT2D eigenvalue weighted by Crippen LogP contribution is 2.26. The first kappa shape index (κ1) is 13.0. The van der Waals surface area contributed by atoms with E-state index in [9.17, 15) is 14.9 Å². The number of carbonyl (C=O) groups excluding carboxylic acids is 1. The smallest absolute Gasteiger partial charge is 0.352 e. The first-order chi connectivity index (χ1) is 8.10. The minimum atomic E-state index is -0.632. The van der Waals surface area contributed by atoms with Crippen LogP contribution in [0.1, 0.15) is 25.5 Å². The van der Waals surface area contributed by atoms with Gasteiger partial charge in [-0.05, 0) is 6.42 Å². The van der Waals surface area contributed by atoms with Crippen molar-refractivity contribution in [3.8, 4) is 5.88 Å². The van der Waals surface area contributed by atoms with Crippen molar-refractivity contribution in [2.45, 2.75) is 26.2 Å². The summed E-state index contributed by atoms with van der Waals surface area (Å²) in [6, 6.07) is 0. The normalized spacial score (nSPS) is 10.0. The average molecular weight is 239 g/mol. The van der Waals surface area contributed by atoms with Crippen molar-refractivity contribution >= 4 is 11.5 Å². The fraction of sp³-hybridized carbons (Fsp3) is 0.500. The van der Waals surface area contributed by atoms with Gasteiger partial charge in [-0.15, -0.1) is 0 Å². The summed E-state index contributed by atoms with van der Waals surface area (Å²) in [7, 11) is 1.28. The molecule has 0 aromatic carbocycles. The van der Waals surface area contributed by atoms with Crippen LogP contribution in [0.5, 0.6) is 5.88 Å². The highest BCUT2D eigenvalue weighted by molar-refractivity contribution is 5.81. The second-order valence-electron chi connectivity index (χ2n) is 3.40. The fourth-order valence-electron chi connectivity index (χ4n) is 1.41. The fourth-order valence-corrected chi connectivity index (χ4v) is 1.41. The molecule has 0 N–H and O–H groups in total. The number of ketones is 1. The molecule has 1 heterocycles. The van der Waals surface area contributed by atoms with E-state index >= 15 is 0 Å². The third kappa shape index (κ3) is 3.20. The van der Waals surface area contributed by atoms with Crippen LogP contribution in [-0.2, 0) is 11.2 Å². The molecule has 7 nitrogen and oxygen atoms in total. The molecule has 0 atom stereocenters. The number of nitro groups is 1. The Balaban J connectivity index is 3.06. The molecule has 1 aromatic heterocycles. The van der Waals surface area contributed by atoms with Crippen molar-refractivity contribution in [3.05, 3.63) is 22.1 Å². The van der Waals surface area contributed by atoms with E-state index in [4.69, 9.17) is 4.74 Å². The number of Topliss-reactive ketones (excluding diaryl/α,β-unsaturated/α-hetero) is 1. The lowest BCUT2D eigenvalue weighted by molar-refractivity contribution is -0.387. The van der Waals surface area contributed by atoms with E-state index in [2.05, 4.69) is 9.97 Å². The zero-order valence-electron chi connectivity index (χ0n) is 9.67. The summed E-state index contributed by atoms with van der Waals surface area (Å²) < 4.78 is 4.78. The molecule has 0 amide bonds. The van der Waals surface area contributed by atoms with E-state index in [1.165, 1.54) is 7.11 Å². The molecule has 0 aliphatic heterocycles. The molecule has 92 valence electrons. The molecule has 0 fully saturated rings. The number of hydrogen-bond acceptors (Lipinski definition) is 6. The Morgan fingerprint density at radius 2 is 2.24 bits per heavy atom. The van der Waals surface area contributed by atoms with E-state index in [-0.39, 0.29) is 29.5 Å². The van der Waals surface area contributed by atoms with Gasteiger partial charge in [-0.25, -0.2) is 4.98 Å². The third-order valence-corrected chi connectivity index (χ3v) is 2.13. The monoisotopic (exact) mass is 239 g/mol. The largest absolute Gasteiger partial charge is 0.476 e. The molecule has 0 aliphatic carbocycles. The SMILES string of the molecule is CCCC(=O)Cc1ncnc(OC)c1[N+](=O)[O-]. The molecule has 1 aromatic rings. The van der Waals surface area contributed by atoms with Crippen LogP contribution in [-0.4, -0.2) is 27.8 Å². The lowest BCUT2D eigenvalue weighted by Crippen LogP contribution is -2.09. The van der Waals surface area contributed by atoms with Crippen molar-refractivity contribution in [3.63, 3.8) is 0 Å². The van der Waals surface area contributed by atoms with Gasteiger partial charge in [0.25, 0.3) is 5.88 Å². The third-order valence-electron chi connectivity index (χ3n) is 2.13. The van der Waals surface area contributed by atoms with Gasteiger partial charge in [0.15, 0.2) is 0 Å². The van der Waals surface area contributed by atoms with Gasteiger partial charge < -0.3 is 4.74 Å². The van der Waals surface area contributed by atoms with Crippen LogP contribution >= 0.6 is 0 Å². The maximum absolute atomic E-state index is 11.5. The summed E-state index contributed by atoms with van der Waals surface area (Å²) in [6.45, 7) is 1.87. The van der Waals surface area contributed by atoms with E-state index in [0.29, 0.717) is 12.8 Å². The number of ether oxygens (including phenoxy) is 1. The van der Waals surface area contributed by atoms with Crippen LogP contribution in [0, 0.1) is 10.1 Å². The van der Waals surface area contributed by atoms with Crippen molar-refractivity contribution in [1.82, 2.24) is 9.97 Å². The molecule has 1 rings (SSSR count). The Labute approximate surface area is 98.0 Å². The Morgan fingerprint density at radius 3 is 2.76 bits per heavy atom. The lowest BCUT2D eigenvalue weighted by atomic mass is 10.1. The molecule has 0 bridgehead atoms. The molecule has 0 radical (unpaired) electrons. The van der Waals surface area contributed by atoms with Crippen LogP contribution in [0.3, 0.4) is 0 Å². The lowest BCUT2D eigenvalue weighted by Gasteiger charge is -2.04. The van der Waals surface area contributed by atoms with Crippen molar-refractivity contribution in [2.24, 2.45) is 0 Å². The highest BCUT2D eigenvalue weighted by Gasteiger charge is 2.24. The second kappa shape index (κ2) is 5.88. The van der Waals surface area contributed by atoms with Gasteiger partial charge in [0.05, 0.1) is 18.5 Å². The zero-order valence-corrected chi connectivity index (χ0v) is 9.67. The second-order valence-corrected chi connectivity index (χ2v) is 3.40. The van der Waals surface area contributed by atoms with Gasteiger partial charge in [-0.2, -0.15) is 4.98 Å². The van der Waals surface area contributed by atoms with Gasteiger partial charge in [-0.3, -0.25) is 14.9 Å². The van der Waals surface area contributed by atoms with Crippen molar-refractivity contribution in [1.29, 1.82) is 0 Å². The van der Waals surface area contributed by atoms with E-state index in [0.717, 1.165) is 6.33 Å². The summed E-state index contributed by atoms with van der Waals surface area (Å²) in [5, 5.41) is 10.9. The number of rotatable bonds is 6. The Morgan fingerprint density at radius 1 is 1.53 bits per heavy atom. The van der Waals surface area contributed by atoms with E-state index in [1.54, 1.807) is 0 Å². The van der Waals surface area contributed by atoms with E-state index in [1.807, 2.05) is 6.92 Å². The van der Waals surface area contributed by atoms with E-state index < -0.39 is 4.92 Å². The van der Waals surface area contributed by atoms with Crippen LogP contribution in [0.25, 0.3) is 0 Å². The van der Waals surface area contributed by atoms with Crippen LogP contribution in [0.15, 0.2) is 6.33 Å². The number of aromatic nitrogens is 2. The highest BCUT2D eigenvalue weighted by atomic mass is 16.6. The molecule has 17 heavy (non-hydrogen) atoms. The number of nitrogens with zero attached hydrogens (tertiary/aromatic N) is 3. The van der Waals surface area contributed by atoms with Crippen molar-refractivity contribution < 1.29 is 14.5 Å². The molecule has 0 saturated carbocycles. The summed E-state index contributed by atoms with van der Waals surface area (Å²) in [6.07, 6.45) is 2.17. The maximum atomic E-state index is 11.5. The van der Waals surface area contributed by atoms with Crippen LogP contribution in [0.4, 0.5) is 5.69 Å². The summed E-state index contributed by atoms with van der Waals surface area (Å²) in [5.74, 6) is -0.208. The van der Waals surface area contributed by atoms with Gasteiger partial charge in [0, 0.05) is 6.42 Å². The first-order valence-corrected chi connectivity index (χ1v) is 5.14.